The van der Waals surface area contributed by atoms with Gasteiger partial charge in [-0.1, -0.05) is 48.0 Å². The van der Waals surface area contributed by atoms with Crippen molar-refractivity contribution in [3.05, 3.63) is 64.7 Å². The van der Waals surface area contributed by atoms with Crippen LogP contribution in [-0.4, -0.2) is 11.1 Å². The Bertz CT molecular complexity index is 665. The molecule has 2 N–H and O–H groups in total. The quantitative estimate of drug-likeness (QED) is 0.903. The van der Waals surface area contributed by atoms with E-state index in [9.17, 15) is 9.90 Å². The standard InChI is InChI=1S/C15H11ClN2O2/c16-12-7-4-8-13(11(12)9-17)18-14(15(19)20)10-5-2-1-3-6-10/h1-8,14,18H,(H,19,20). The van der Waals surface area contributed by atoms with Gasteiger partial charge in [0.15, 0.2) is 6.04 Å². The van der Waals surface area contributed by atoms with Crippen LogP contribution in [0.25, 0.3) is 0 Å². The summed E-state index contributed by atoms with van der Waals surface area (Å²) in [6, 6.07) is 14.7. The molecule has 0 fully saturated rings. The van der Waals surface area contributed by atoms with Crippen LogP contribution in [0.15, 0.2) is 48.5 Å². The number of carboxylic acid groups (broad SMARTS) is 1. The molecule has 1 atom stereocenters. The van der Waals surface area contributed by atoms with Crippen LogP contribution in [0, 0.1) is 11.3 Å². The number of rotatable bonds is 4. The van der Waals surface area contributed by atoms with Gasteiger partial charge in [-0.15, -0.1) is 0 Å². The monoisotopic (exact) mass is 286 g/mol. The molecule has 5 heteroatoms. The molecule has 0 saturated heterocycles. The summed E-state index contributed by atoms with van der Waals surface area (Å²) in [5, 5.41) is 21.6. The number of carbonyl (C=O) groups is 1. The third-order valence-corrected chi connectivity index (χ3v) is 3.12. The zero-order valence-corrected chi connectivity index (χ0v) is 11.1. The van der Waals surface area contributed by atoms with Gasteiger partial charge in [0.25, 0.3) is 0 Å². The summed E-state index contributed by atoms with van der Waals surface area (Å²) in [5.74, 6) is -1.03. The number of anilines is 1. The van der Waals surface area contributed by atoms with Gasteiger partial charge in [-0.3, -0.25) is 0 Å². The van der Waals surface area contributed by atoms with Crippen molar-refractivity contribution in [2.45, 2.75) is 6.04 Å². The molecule has 0 heterocycles. The van der Waals surface area contributed by atoms with Crippen LogP contribution in [0.1, 0.15) is 17.2 Å². The molecule has 2 aromatic carbocycles. The first-order chi connectivity index (χ1) is 9.63. The molecular weight excluding hydrogens is 276 g/mol. The summed E-state index contributed by atoms with van der Waals surface area (Å²) in [4.78, 5) is 11.4. The van der Waals surface area contributed by atoms with Gasteiger partial charge in [-0.2, -0.15) is 5.26 Å². The molecule has 20 heavy (non-hydrogen) atoms. The first kappa shape index (κ1) is 13.9. The molecule has 1 unspecified atom stereocenters. The molecule has 0 amide bonds. The number of nitriles is 1. The highest BCUT2D eigenvalue weighted by atomic mass is 35.5. The van der Waals surface area contributed by atoms with Crippen molar-refractivity contribution in [3.63, 3.8) is 0 Å². The highest BCUT2D eigenvalue weighted by molar-refractivity contribution is 6.32. The van der Waals surface area contributed by atoms with Crippen LogP contribution >= 0.6 is 11.6 Å². The Kier molecular flexibility index (Phi) is 4.24. The molecule has 2 aromatic rings. The summed E-state index contributed by atoms with van der Waals surface area (Å²) >= 11 is 5.93. The fraction of sp³-hybridized carbons (Fsp3) is 0.0667. The first-order valence-corrected chi connectivity index (χ1v) is 6.24. The van der Waals surface area contributed by atoms with Crippen molar-refractivity contribution < 1.29 is 9.90 Å². The van der Waals surface area contributed by atoms with Gasteiger partial charge in [0.05, 0.1) is 16.3 Å². The lowest BCUT2D eigenvalue weighted by Gasteiger charge is -2.17. The Hall–Kier alpha value is -2.51. The lowest BCUT2D eigenvalue weighted by molar-refractivity contribution is -0.138. The lowest BCUT2D eigenvalue weighted by Crippen LogP contribution is -2.20. The average Bonchev–Trinajstić information content (AvgIpc) is 2.45. The molecule has 0 saturated carbocycles. The fourth-order valence-corrected chi connectivity index (χ4v) is 2.06. The van der Waals surface area contributed by atoms with Crippen LogP contribution < -0.4 is 5.32 Å². The molecule has 0 aliphatic carbocycles. The second kappa shape index (κ2) is 6.09. The zero-order chi connectivity index (χ0) is 14.5. The smallest absolute Gasteiger partial charge is 0.330 e. The van der Waals surface area contributed by atoms with Crippen LogP contribution in [0.4, 0.5) is 5.69 Å². The number of hydrogen-bond donors (Lipinski definition) is 2. The summed E-state index contributed by atoms with van der Waals surface area (Å²) in [6.07, 6.45) is 0. The summed E-state index contributed by atoms with van der Waals surface area (Å²) in [6.45, 7) is 0. The van der Waals surface area contributed by atoms with Crippen molar-refractivity contribution in [3.8, 4) is 6.07 Å². The van der Waals surface area contributed by atoms with E-state index in [1.807, 2.05) is 12.1 Å². The summed E-state index contributed by atoms with van der Waals surface area (Å²) in [7, 11) is 0. The van der Waals surface area contributed by atoms with E-state index in [0.717, 1.165) is 0 Å². The molecular formula is C15H11ClN2O2. The number of halogens is 1. The molecule has 2 rings (SSSR count). The molecule has 0 aliphatic heterocycles. The van der Waals surface area contributed by atoms with Crippen LogP contribution in [-0.2, 0) is 4.79 Å². The first-order valence-electron chi connectivity index (χ1n) is 5.86. The van der Waals surface area contributed by atoms with Crippen molar-refractivity contribution in [2.75, 3.05) is 5.32 Å². The maximum absolute atomic E-state index is 11.4. The average molecular weight is 287 g/mol. The molecule has 0 radical (unpaired) electrons. The highest BCUT2D eigenvalue weighted by Crippen LogP contribution is 2.27. The van der Waals surface area contributed by atoms with Gasteiger partial charge >= 0.3 is 5.97 Å². The maximum Gasteiger partial charge on any atom is 0.330 e. The van der Waals surface area contributed by atoms with Crippen LogP contribution in [0.5, 0.6) is 0 Å². The largest absolute Gasteiger partial charge is 0.479 e. The number of hydrogen-bond acceptors (Lipinski definition) is 3. The SMILES string of the molecule is N#Cc1c(Cl)cccc1NC(C(=O)O)c1ccccc1. The lowest BCUT2D eigenvalue weighted by atomic mass is 10.1. The molecule has 0 aromatic heterocycles. The van der Waals surface area contributed by atoms with Crippen molar-refractivity contribution in [2.24, 2.45) is 0 Å². The van der Waals surface area contributed by atoms with Gasteiger partial charge in [-0.25, -0.2) is 4.79 Å². The van der Waals surface area contributed by atoms with Crippen LogP contribution in [0.2, 0.25) is 5.02 Å². The van der Waals surface area contributed by atoms with E-state index >= 15 is 0 Å². The van der Waals surface area contributed by atoms with Crippen molar-refractivity contribution in [1.29, 1.82) is 5.26 Å². The van der Waals surface area contributed by atoms with E-state index in [1.165, 1.54) is 0 Å². The highest BCUT2D eigenvalue weighted by Gasteiger charge is 2.21. The Balaban J connectivity index is 2.38. The van der Waals surface area contributed by atoms with E-state index in [4.69, 9.17) is 16.9 Å². The van der Waals surface area contributed by atoms with Crippen LogP contribution in [0.3, 0.4) is 0 Å². The van der Waals surface area contributed by atoms with Crippen molar-refractivity contribution in [1.82, 2.24) is 0 Å². The molecule has 100 valence electrons. The zero-order valence-electron chi connectivity index (χ0n) is 10.4. The number of nitrogens with zero attached hydrogens (tertiary/aromatic N) is 1. The predicted octanol–water partition coefficient (Wildman–Crippen LogP) is 3.45. The Labute approximate surface area is 121 Å². The Morgan fingerprint density at radius 2 is 1.90 bits per heavy atom. The van der Waals surface area contributed by atoms with E-state index < -0.39 is 12.0 Å². The Morgan fingerprint density at radius 1 is 1.20 bits per heavy atom. The van der Waals surface area contributed by atoms with Gasteiger partial charge in [0, 0.05) is 0 Å². The van der Waals surface area contributed by atoms with Gasteiger partial charge in [-0.05, 0) is 17.7 Å². The molecule has 0 spiro atoms. The van der Waals surface area contributed by atoms with E-state index in [0.29, 0.717) is 11.3 Å². The fourth-order valence-electron chi connectivity index (χ4n) is 1.85. The number of benzene rings is 2. The number of aliphatic carboxylic acids is 1. The van der Waals surface area contributed by atoms with Gasteiger partial charge in [0.2, 0.25) is 0 Å². The van der Waals surface area contributed by atoms with E-state index in [2.05, 4.69) is 5.32 Å². The third kappa shape index (κ3) is 2.90. The summed E-state index contributed by atoms with van der Waals surface area (Å²) in [5.41, 5.74) is 1.23. The van der Waals surface area contributed by atoms with Crippen molar-refractivity contribution >= 4 is 23.3 Å². The van der Waals surface area contributed by atoms with Gasteiger partial charge < -0.3 is 10.4 Å². The molecule has 0 aliphatic rings. The second-order valence-electron chi connectivity index (χ2n) is 4.10. The Morgan fingerprint density at radius 3 is 2.50 bits per heavy atom. The minimum Gasteiger partial charge on any atom is -0.479 e. The number of nitrogens with one attached hydrogen (secondary N) is 1. The minimum absolute atomic E-state index is 0.233. The predicted molar refractivity (Wildman–Crippen MR) is 76.6 cm³/mol. The van der Waals surface area contributed by atoms with E-state index in [-0.39, 0.29) is 10.6 Å². The summed E-state index contributed by atoms with van der Waals surface area (Å²) < 4.78 is 0. The molecule has 4 nitrogen and oxygen atoms in total. The van der Waals surface area contributed by atoms with E-state index in [1.54, 1.807) is 42.5 Å². The maximum atomic E-state index is 11.4. The molecule has 0 bridgehead atoms. The third-order valence-electron chi connectivity index (χ3n) is 2.81. The van der Waals surface area contributed by atoms with Gasteiger partial charge in [0.1, 0.15) is 6.07 Å². The number of carboxylic acids is 1. The topological polar surface area (TPSA) is 73.1 Å². The normalized spacial score (nSPS) is 11.4. The minimum atomic E-state index is -1.03. The second-order valence-corrected chi connectivity index (χ2v) is 4.51.